The summed E-state index contributed by atoms with van der Waals surface area (Å²) in [6.45, 7) is 12.5. The molecule has 0 rings (SSSR count). The summed E-state index contributed by atoms with van der Waals surface area (Å²) in [7, 11) is 0. The minimum atomic E-state index is 0.626. The van der Waals surface area contributed by atoms with Crippen LogP contribution < -0.4 is 0 Å². The molecule has 0 heterocycles. The van der Waals surface area contributed by atoms with Crippen LogP contribution in [0.15, 0.2) is 36.0 Å². The van der Waals surface area contributed by atoms with Crippen molar-refractivity contribution in [1.29, 1.82) is 0 Å². The molecule has 0 aliphatic carbocycles. The van der Waals surface area contributed by atoms with E-state index in [9.17, 15) is 0 Å². The van der Waals surface area contributed by atoms with Gasteiger partial charge in [0, 0.05) is 0 Å². The average molecular weight is 180 g/mol. The molecule has 0 spiro atoms. The lowest BCUT2D eigenvalue weighted by atomic mass is 10.0. The molecule has 0 heteroatoms. The van der Waals surface area contributed by atoms with Crippen molar-refractivity contribution >= 4 is 0 Å². The molecule has 0 fully saturated rings. The van der Waals surface area contributed by atoms with Crippen LogP contribution in [0.5, 0.6) is 0 Å². The van der Waals surface area contributed by atoms with Crippen LogP contribution in [0.25, 0.3) is 0 Å². The van der Waals surface area contributed by atoms with Crippen LogP contribution in [0.1, 0.15) is 41.5 Å². The third-order valence-corrected chi connectivity index (χ3v) is 1.59. The summed E-state index contributed by atoms with van der Waals surface area (Å²) < 4.78 is 0. The molecule has 0 unspecified atom stereocenters. The minimum absolute atomic E-state index is 0.626. The molecule has 0 aromatic carbocycles. The van der Waals surface area contributed by atoms with Gasteiger partial charge in [-0.2, -0.15) is 0 Å². The third-order valence-electron chi connectivity index (χ3n) is 1.59. The second-order valence-electron chi connectivity index (χ2n) is 2.83. The molecule has 0 saturated carbocycles. The molecule has 0 nitrogen and oxygen atoms in total. The fourth-order valence-electron chi connectivity index (χ4n) is 0.900. The lowest BCUT2D eigenvalue weighted by molar-refractivity contribution is 0.789. The van der Waals surface area contributed by atoms with Crippen molar-refractivity contribution in [3.05, 3.63) is 36.0 Å². The summed E-state index contributed by atoms with van der Waals surface area (Å²) in [5, 5.41) is 0. The van der Waals surface area contributed by atoms with E-state index < -0.39 is 0 Å². The van der Waals surface area contributed by atoms with Crippen molar-refractivity contribution in [3.8, 4) is 0 Å². The fraction of sp³-hybridized carbons (Fsp3) is 0.538. The van der Waals surface area contributed by atoms with Crippen molar-refractivity contribution in [2.45, 2.75) is 41.5 Å². The second-order valence-corrected chi connectivity index (χ2v) is 2.83. The van der Waals surface area contributed by atoms with E-state index in [2.05, 4.69) is 39.0 Å². The number of hydrogen-bond donors (Lipinski definition) is 0. The molecule has 0 amide bonds. The van der Waals surface area contributed by atoms with E-state index in [0.717, 1.165) is 0 Å². The summed E-state index contributed by atoms with van der Waals surface area (Å²) in [5.41, 5.74) is 1.39. The van der Waals surface area contributed by atoms with Gasteiger partial charge in [-0.05, 0) is 25.3 Å². The number of allylic oxidation sites excluding steroid dienone is 6. The van der Waals surface area contributed by atoms with Gasteiger partial charge >= 0.3 is 0 Å². The van der Waals surface area contributed by atoms with Crippen molar-refractivity contribution in [3.63, 3.8) is 0 Å². The molecule has 0 aromatic heterocycles. The molecule has 0 atom stereocenters. The van der Waals surface area contributed by atoms with Crippen molar-refractivity contribution < 1.29 is 0 Å². The highest BCUT2D eigenvalue weighted by Gasteiger charge is 1.94. The maximum Gasteiger partial charge on any atom is -0.0222 e. The van der Waals surface area contributed by atoms with Crippen LogP contribution in [-0.2, 0) is 0 Å². The molecule has 0 aliphatic rings. The van der Waals surface area contributed by atoms with E-state index in [1.165, 1.54) is 5.57 Å². The highest BCUT2D eigenvalue weighted by Crippen LogP contribution is 2.10. The smallest absolute Gasteiger partial charge is 0.0222 e. The molecule has 13 heavy (non-hydrogen) atoms. The first-order chi connectivity index (χ1) is 6.22. The minimum Gasteiger partial charge on any atom is -0.0877 e. The van der Waals surface area contributed by atoms with Gasteiger partial charge in [0.25, 0.3) is 0 Å². The molecule has 76 valence electrons. The van der Waals surface area contributed by atoms with E-state index in [1.54, 1.807) is 0 Å². The molecule has 0 aliphatic heterocycles. The fourth-order valence-corrected chi connectivity index (χ4v) is 0.900. The monoisotopic (exact) mass is 180 g/mol. The Balaban J connectivity index is 0. The van der Waals surface area contributed by atoms with Crippen LogP contribution in [0.4, 0.5) is 0 Å². The van der Waals surface area contributed by atoms with Crippen LogP contribution in [0, 0.1) is 5.92 Å². The SMILES string of the molecule is CC.C\C=C/C=C\C(=C/C)C(C)C. The van der Waals surface area contributed by atoms with Crippen LogP contribution in [0.2, 0.25) is 0 Å². The van der Waals surface area contributed by atoms with E-state index in [4.69, 9.17) is 0 Å². The normalized spacial score (nSPS) is 12.4. The maximum absolute atomic E-state index is 2.20. The van der Waals surface area contributed by atoms with Crippen LogP contribution in [0.3, 0.4) is 0 Å². The van der Waals surface area contributed by atoms with Crippen molar-refractivity contribution in [2.75, 3.05) is 0 Å². The summed E-state index contributed by atoms with van der Waals surface area (Å²) in [4.78, 5) is 0. The molecular formula is C13H24. The Kier molecular flexibility index (Phi) is 12.7. The Labute approximate surface area is 84.1 Å². The van der Waals surface area contributed by atoms with Gasteiger partial charge < -0.3 is 0 Å². The quantitative estimate of drug-likeness (QED) is 0.550. The number of rotatable bonds is 3. The van der Waals surface area contributed by atoms with Gasteiger partial charge in [-0.1, -0.05) is 58.1 Å². The largest absolute Gasteiger partial charge is 0.0877 e. The molecule has 0 N–H and O–H groups in total. The average Bonchev–Trinajstić information content (AvgIpc) is 2.15. The van der Waals surface area contributed by atoms with Crippen molar-refractivity contribution in [1.82, 2.24) is 0 Å². The lowest BCUT2D eigenvalue weighted by Crippen LogP contribution is -1.88. The Morgan fingerprint density at radius 2 is 1.54 bits per heavy atom. The third kappa shape index (κ3) is 9.13. The van der Waals surface area contributed by atoms with Gasteiger partial charge in [-0.15, -0.1) is 0 Å². The Bertz CT molecular complexity index is 168. The highest BCUT2D eigenvalue weighted by atomic mass is 14.0. The zero-order chi connectivity index (χ0) is 10.7. The van der Waals surface area contributed by atoms with E-state index in [-0.39, 0.29) is 0 Å². The Morgan fingerprint density at radius 3 is 1.85 bits per heavy atom. The summed E-state index contributed by atoms with van der Waals surface area (Å²) in [6.07, 6.45) is 10.5. The molecule has 0 aromatic rings. The van der Waals surface area contributed by atoms with Crippen LogP contribution in [-0.4, -0.2) is 0 Å². The van der Waals surface area contributed by atoms with E-state index in [0.29, 0.717) is 5.92 Å². The molecule has 0 bridgehead atoms. The lowest BCUT2D eigenvalue weighted by Gasteiger charge is -2.03. The highest BCUT2D eigenvalue weighted by molar-refractivity contribution is 5.22. The maximum atomic E-state index is 2.20. The summed E-state index contributed by atoms with van der Waals surface area (Å²) in [5.74, 6) is 0.626. The standard InChI is InChI=1S/C11H18.C2H6/c1-5-7-8-9-11(6-2)10(3)4;1-2/h5-10H,1-4H3;1-2H3/b7-5-,9-8-,11-6+;. The Hall–Kier alpha value is -0.780. The topological polar surface area (TPSA) is 0 Å². The van der Waals surface area contributed by atoms with Gasteiger partial charge in [0.05, 0.1) is 0 Å². The number of hydrogen-bond acceptors (Lipinski definition) is 0. The van der Waals surface area contributed by atoms with Gasteiger partial charge in [0.2, 0.25) is 0 Å². The first-order valence-electron chi connectivity index (χ1n) is 5.18. The molecular weight excluding hydrogens is 156 g/mol. The van der Waals surface area contributed by atoms with Gasteiger partial charge in [0.15, 0.2) is 0 Å². The first-order valence-corrected chi connectivity index (χ1v) is 5.18. The first kappa shape index (κ1) is 14.7. The summed E-state index contributed by atoms with van der Waals surface area (Å²) in [6, 6.07) is 0. The second kappa shape index (κ2) is 11.2. The molecule has 0 saturated heterocycles. The zero-order valence-electron chi connectivity index (χ0n) is 9.96. The van der Waals surface area contributed by atoms with Gasteiger partial charge in [-0.3, -0.25) is 0 Å². The van der Waals surface area contributed by atoms with E-state index >= 15 is 0 Å². The van der Waals surface area contributed by atoms with Gasteiger partial charge in [-0.25, -0.2) is 0 Å². The van der Waals surface area contributed by atoms with Crippen molar-refractivity contribution in [2.24, 2.45) is 5.92 Å². The Morgan fingerprint density at radius 1 is 1.00 bits per heavy atom. The van der Waals surface area contributed by atoms with E-state index in [1.807, 2.05) is 32.9 Å². The van der Waals surface area contributed by atoms with Crippen LogP contribution >= 0.6 is 0 Å². The predicted octanol–water partition coefficient (Wildman–Crippen LogP) is 4.75. The van der Waals surface area contributed by atoms with Gasteiger partial charge in [0.1, 0.15) is 0 Å². The predicted molar refractivity (Wildman–Crippen MR) is 63.9 cm³/mol. The molecule has 0 radical (unpaired) electrons. The summed E-state index contributed by atoms with van der Waals surface area (Å²) >= 11 is 0. The zero-order valence-corrected chi connectivity index (χ0v) is 9.96.